The van der Waals surface area contributed by atoms with Gasteiger partial charge in [-0.25, -0.2) is 9.78 Å². The number of rotatable bonds is 9. The van der Waals surface area contributed by atoms with Gasteiger partial charge in [0.15, 0.2) is 5.13 Å². The van der Waals surface area contributed by atoms with E-state index < -0.39 is 17.9 Å². The van der Waals surface area contributed by atoms with E-state index in [-0.39, 0.29) is 6.42 Å². The highest BCUT2D eigenvalue weighted by atomic mass is 32.1. The molecule has 0 fully saturated rings. The van der Waals surface area contributed by atoms with E-state index in [2.05, 4.69) is 17.6 Å². The average Bonchev–Trinajstić information content (AvgIpc) is 3.27. The molecule has 0 aliphatic heterocycles. The van der Waals surface area contributed by atoms with Gasteiger partial charge in [0.1, 0.15) is 6.04 Å². The Morgan fingerprint density at radius 1 is 0.971 bits per heavy atom. The number of thiazole rings is 1. The summed E-state index contributed by atoms with van der Waals surface area (Å²) in [4.78, 5) is 30.5. The summed E-state index contributed by atoms with van der Waals surface area (Å²) in [7, 11) is 0. The standard InChI is InChI=1S/C27H25N3O3S/c1-2-23-24(19-12-7-4-8-13-19)30-27(34-23)28-21-15-9-14-20(17-21)25(31)29-22(26(32)33)16-18-10-5-3-6-11-18/h3-15,17,22H,2,16H2,1H3,(H,28,30)(H,29,31)(H,32,33)/t22-/m0/s1. The van der Waals surface area contributed by atoms with E-state index in [0.29, 0.717) is 11.3 Å². The van der Waals surface area contributed by atoms with Gasteiger partial charge in [-0.05, 0) is 30.2 Å². The van der Waals surface area contributed by atoms with E-state index in [9.17, 15) is 14.7 Å². The number of aliphatic carboxylic acids is 1. The summed E-state index contributed by atoms with van der Waals surface area (Å²) in [5.41, 5.74) is 3.94. The molecule has 172 valence electrons. The van der Waals surface area contributed by atoms with Crippen molar-refractivity contribution in [1.29, 1.82) is 0 Å². The molecule has 0 unspecified atom stereocenters. The summed E-state index contributed by atoms with van der Waals surface area (Å²) < 4.78 is 0. The second kappa shape index (κ2) is 10.8. The van der Waals surface area contributed by atoms with Crippen molar-refractivity contribution < 1.29 is 14.7 Å². The van der Waals surface area contributed by atoms with Crippen molar-refractivity contribution in [3.8, 4) is 11.3 Å². The minimum atomic E-state index is -1.07. The molecule has 0 radical (unpaired) electrons. The third kappa shape index (κ3) is 5.68. The second-order valence-corrected chi connectivity index (χ2v) is 8.85. The number of carbonyl (C=O) groups is 2. The first kappa shape index (κ1) is 23.2. The molecule has 3 aromatic carbocycles. The molecular formula is C27H25N3O3S. The van der Waals surface area contributed by atoms with Gasteiger partial charge in [0.25, 0.3) is 5.91 Å². The van der Waals surface area contributed by atoms with Gasteiger partial charge in [0, 0.05) is 28.1 Å². The number of aromatic nitrogens is 1. The van der Waals surface area contributed by atoms with Crippen LogP contribution in [-0.4, -0.2) is 28.0 Å². The first-order chi connectivity index (χ1) is 16.5. The molecule has 6 nitrogen and oxygen atoms in total. The monoisotopic (exact) mass is 471 g/mol. The predicted octanol–water partition coefficient (Wildman–Crippen LogP) is 5.54. The summed E-state index contributed by atoms with van der Waals surface area (Å²) >= 11 is 1.58. The van der Waals surface area contributed by atoms with E-state index in [1.54, 1.807) is 29.5 Å². The van der Waals surface area contributed by atoms with Crippen LogP contribution in [0.1, 0.15) is 27.7 Å². The molecule has 0 saturated carbocycles. The number of aryl methyl sites for hydroxylation is 1. The topological polar surface area (TPSA) is 91.3 Å². The highest BCUT2D eigenvalue weighted by Gasteiger charge is 2.21. The molecule has 1 heterocycles. The molecule has 0 saturated heterocycles. The van der Waals surface area contributed by atoms with Crippen LogP contribution in [0.3, 0.4) is 0 Å². The fourth-order valence-corrected chi connectivity index (χ4v) is 4.56. The Bertz CT molecular complexity index is 1270. The number of carbonyl (C=O) groups excluding carboxylic acids is 1. The van der Waals surface area contributed by atoms with Gasteiger partial charge in [-0.2, -0.15) is 0 Å². The van der Waals surface area contributed by atoms with E-state index in [4.69, 9.17) is 4.98 Å². The lowest BCUT2D eigenvalue weighted by Gasteiger charge is -2.15. The minimum Gasteiger partial charge on any atom is -0.480 e. The van der Waals surface area contributed by atoms with Crippen molar-refractivity contribution in [2.45, 2.75) is 25.8 Å². The maximum atomic E-state index is 12.8. The number of carboxylic acids is 1. The van der Waals surface area contributed by atoms with Crippen LogP contribution in [0.15, 0.2) is 84.9 Å². The van der Waals surface area contributed by atoms with E-state index in [0.717, 1.165) is 28.4 Å². The fourth-order valence-electron chi connectivity index (χ4n) is 3.62. The van der Waals surface area contributed by atoms with Crippen LogP contribution >= 0.6 is 11.3 Å². The molecule has 0 bridgehead atoms. The Kier molecular flexibility index (Phi) is 7.34. The van der Waals surface area contributed by atoms with Crippen molar-refractivity contribution in [1.82, 2.24) is 10.3 Å². The molecule has 4 aromatic rings. The lowest BCUT2D eigenvalue weighted by molar-refractivity contribution is -0.139. The van der Waals surface area contributed by atoms with Gasteiger partial charge in [0.05, 0.1) is 5.69 Å². The number of benzene rings is 3. The Morgan fingerprint density at radius 2 is 1.68 bits per heavy atom. The van der Waals surface area contributed by atoms with Gasteiger partial charge in [-0.15, -0.1) is 11.3 Å². The normalized spacial score (nSPS) is 11.6. The summed E-state index contributed by atoms with van der Waals surface area (Å²) in [5.74, 6) is -1.51. The molecule has 1 atom stereocenters. The third-order valence-electron chi connectivity index (χ3n) is 5.33. The van der Waals surface area contributed by atoms with Gasteiger partial charge >= 0.3 is 5.97 Å². The van der Waals surface area contributed by atoms with E-state index in [1.165, 1.54) is 4.88 Å². The van der Waals surface area contributed by atoms with Crippen molar-refractivity contribution in [2.24, 2.45) is 0 Å². The molecule has 0 aliphatic carbocycles. The van der Waals surface area contributed by atoms with Crippen LogP contribution < -0.4 is 10.6 Å². The quantitative estimate of drug-likeness (QED) is 0.298. The molecule has 0 aliphatic rings. The minimum absolute atomic E-state index is 0.209. The first-order valence-corrected chi connectivity index (χ1v) is 11.8. The number of carboxylic acid groups (broad SMARTS) is 1. The average molecular weight is 472 g/mol. The Labute approximate surface area is 202 Å². The van der Waals surface area contributed by atoms with E-state index >= 15 is 0 Å². The number of anilines is 2. The number of nitrogens with one attached hydrogen (secondary N) is 2. The fraction of sp³-hybridized carbons (Fsp3) is 0.148. The van der Waals surface area contributed by atoms with Crippen molar-refractivity contribution in [3.05, 3.63) is 101 Å². The maximum Gasteiger partial charge on any atom is 0.326 e. The highest BCUT2D eigenvalue weighted by Crippen LogP contribution is 2.33. The van der Waals surface area contributed by atoms with E-state index in [1.807, 2.05) is 66.7 Å². The zero-order valence-corrected chi connectivity index (χ0v) is 19.5. The Hall–Kier alpha value is -3.97. The van der Waals surface area contributed by atoms with Gasteiger partial charge in [-0.3, -0.25) is 4.79 Å². The molecule has 7 heteroatoms. The molecule has 0 spiro atoms. The predicted molar refractivity (Wildman–Crippen MR) is 136 cm³/mol. The van der Waals surface area contributed by atoms with Crippen LogP contribution in [0, 0.1) is 0 Å². The lowest BCUT2D eigenvalue weighted by Crippen LogP contribution is -2.42. The number of nitrogens with zero attached hydrogens (tertiary/aromatic N) is 1. The smallest absolute Gasteiger partial charge is 0.326 e. The highest BCUT2D eigenvalue weighted by molar-refractivity contribution is 7.16. The first-order valence-electron chi connectivity index (χ1n) is 11.0. The van der Waals surface area contributed by atoms with Crippen LogP contribution in [0.4, 0.5) is 10.8 Å². The van der Waals surface area contributed by atoms with Crippen LogP contribution in [0.2, 0.25) is 0 Å². The van der Waals surface area contributed by atoms with Crippen LogP contribution in [-0.2, 0) is 17.6 Å². The number of amides is 1. The summed E-state index contributed by atoms with van der Waals surface area (Å²) in [5, 5.41) is 16.3. The number of hydrogen-bond donors (Lipinski definition) is 3. The van der Waals surface area contributed by atoms with Crippen LogP contribution in [0.5, 0.6) is 0 Å². The molecule has 4 rings (SSSR count). The molecule has 1 amide bonds. The van der Waals surface area contributed by atoms with Crippen molar-refractivity contribution in [2.75, 3.05) is 5.32 Å². The Balaban J connectivity index is 1.49. The molecule has 3 N–H and O–H groups in total. The SMILES string of the molecule is CCc1sc(Nc2cccc(C(=O)N[C@@H](Cc3ccccc3)C(=O)O)c2)nc1-c1ccccc1. The summed E-state index contributed by atoms with van der Waals surface area (Å²) in [6.45, 7) is 2.10. The second-order valence-electron chi connectivity index (χ2n) is 7.77. The third-order valence-corrected chi connectivity index (χ3v) is 6.44. The van der Waals surface area contributed by atoms with Crippen molar-refractivity contribution >= 4 is 34.0 Å². The molecule has 1 aromatic heterocycles. The lowest BCUT2D eigenvalue weighted by atomic mass is 10.1. The zero-order valence-electron chi connectivity index (χ0n) is 18.7. The zero-order chi connectivity index (χ0) is 23.9. The van der Waals surface area contributed by atoms with Crippen LogP contribution in [0.25, 0.3) is 11.3 Å². The van der Waals surface area contributed by atoms with Gasteiger partial charge in [-0.1, -0.05) is 73.7 Å². The summed E-state index contributed by atoms with van der Waals surface area (Å²) in [6, 6.07) is 25.2. The molecule has 34 heavy (non-hydrogen) atoms. The number of hydrogen-bond acceptors (Lipinski definition) is 5. The maximum absolute atomic E-state index is 12.8. The molecular weight excluding hydrogens is 446 g/mol. The summed E-state index contributed by atoms with van der Waals surface area (Å²) in [6.07, 6.45) is 1.07. The van der Waals surface area contributed by atoms with Crippen molar-refractivity contribution in [3.63, 3.8) is 0 Å². The Morgan fingerprint density at radius 3 is 2.35 bits per heavy atom. The largest absolute Gasteiger partial charge is 0.480 e. The van der Waals surface area contributed by atoms with Gasteiger partial charge in [0.2, 0.25) is 0 Å². The van der Waals surface area contributed by atoms with Gasteiger partial charge < -0.3 is 15.7 Å².